The summed E-state index contributed by atoms with van der Waals surface area (Å²) in [6.07, 6.45) is 0. The van der Waals surface area contributed by atoms with Crippen LogP contribution in [0.15, 0.2) is 24.3 Å². The monoisotopic (exact) mass is 284 g/mol. The van der Waals surface area contributed by atoms with Crippen LogP contribution in [0.3, 0.4) is 0 Å². The Morgan fingerprint density at radius 1 is 1.00 bits per heavy atom. The Morgan fingerprint density at radius 2 is 1.65 bits per heavy atom. The first kappa shape index (κ1) is 19.0. The second-order valence-electron chi connectivity index (χ2n) is 3.24. The molecule has 0 aliphatic rings. The van der Waals surface area contributed by atoms with E-state index in [9.17, 15) is 4.39 Å². The fourth-order valence-electron chi connectivity index (χ4n) is 1.25. The van der Waals surface area contributed by atoms with Gasteiger partial charge in [-0.25, -0.2) is 4.39 Å². The van der Waals surface area contributed by atoms with Gasteiger partial charge in [-0.1, -0.05) is 18.2 Å². The van der Waals surface area contributed by atoms with Gasteiger partial charge in [-0.2, -0.15) is 0 Å². The van der Waals surface area contributed by atoms with Gasteiger partial charge in [0.25, 0.3) is 0 Å². The number of benzene rings is 1. The summed E-state index contributed by atoms with van der Waals surface area (Å²) in [4.78, 5) is 0. The third-order valence-electron chi connectivity index (χ3n) is 2.04. The summed E-state index contributed by atoms with van der Waals surface area (Å²) >= 11 is 0. The molecule has 0 fully saturated rings. The standard InChI is InChI=1S/C11H17FN2O.2ClH/c12-11-4-2-1-3-10(11)9-14-6-5-13-7-8-15;;/h1-4,13-15H,5-9H2;2*1H. The highest BCUT2D eigenvalue weighted by Crippen LogP contribution is 2.04. The second kappa shape index (κ2) is 12.1. The molecule has 0 spiro atoms. The predicted molar refractivity (Wildman–Crippen MR) is 72.6 cm³/mol. The van der Waals surface area contributed by atoms with E-state index in [-0.39, 0.29) is 37.2 Å². The quantitative estimate of drug-likeness (QED) is 0.662. The number of aliphatic hydroxyl groups excluding tert-OH is 1. The smallest absolute Gasteiger partial charge is 0.127 e. The number of rotatable bonds is 7. The highest BCUT2D eigenvalue weighted by atomic mass is 35.5. The van der Waals surface area contributed by atoms with Crippen molar-refractivity contribution >= 4 is 24.8 Å². The lowest BCUT2D eigenvalue weighted by Crippen LogP contribution is -2.29. The Kier molecular flexibility index (Phi) is 13.5. The number of hydrogen-bond acceptors (Lipinski definition) is 3. The minimum absolute atomic E-state index is 0. The molecule has 0 saturated heterocycles. The van der Waals surface area contributed by atoms with Crippen LogP contribution in [0.25, 0.3) is 0 Å². The van der Waals surface area contributed by atoms with Gasteiger partial charge in [0.2, 0.25) is 0 Å². The van der Waals surface area contributed by atoms with Crippen molar-refractivity contribution in [3.05, 3.63) is 35.6 Å². The number of nitrogens with one attached hydrogen (secondary N) is 2. The molecule has 0 heterocycles. The minimum atomic E-state index is -0.173. The minimum Gasteiger partial charge on any atom is -0.395 e. The highest BCUT2D eigenvalue weighted by Gasteiger charge is 1.98. The van der Waals surface area contributed by atoms with Crippen LogP contribution in [-0.4, -0.2) is 31.3 Å². The average molecular weight is 285 g/mol. The molecule has 0 bridgehead atoms. The molecule has 0 saturated carbocycles. The fraction of sp³-hybridized carbons (Fsp3) is 0.455. The zero-order valence-electron chi connectivity index (χ0n) is 9.49. The summed E-state index contributed by atoms with van der Waals surface area (Å²) in [6, 6.07) is 6.73. The summed E-state index contributed by atoms with van der Waals surface area (Å²) in [5.41, 5.74) is 0.680. The van der Waals surface area contributed by atoms with Crippen LogP contribution in [-0.2, 0) is 6.54 Å². The van der Waals surface area contributed by atoms with Crippen molar-refractivity contribution < 1.29 is 9.50 Å². The van der Waals surface area contributed by atoms with Crippen LogP contribution in [0.4, 0.5) is 4.39 Å². The SMILES string of the molecule is Cl.Cl.OCCNCCNCc1ccccc1F. The molecule has 0 unspecified atom stereocenters. The number of hydrogen-bond donors (Lipinski definition) is 3. The third-order valence-corrected chi connectivity index (χ3v) is 2.04. The van der Waals surface area contributed by atoms with Gasteiger partial charge in [-0.3, -0.25) is 0 Å². The van der Waals surface area contributed by atoms with Crippen LogP contribution in [0.2, 0.25) is 0 Å². The maximum absolute atomic E-state index is 13.1. The highest BCUT2D eigenvalue weighted by molar-refractivity contribution is 5.85. The van der Waals surface area contributed by atoms with Crippen LogP contribution < -0.4 is 10.6 Å². The molecule has 3 N–H and O–H groups in total. The molecule has 1 aromatic rings. The van der Waals surface area contributed by atoms with E-state index >= 15 is 0 Å². The van der Waals surface area contributed by atoms with E-state index in [1.54, 1.807) is 12.1 Å². The number of aliphatic hydroxyl groups is 1. The van der Waals surface area contributed by atoms with Crippen LogP contribution >= 0.6 is 24.8 Å². The van der Waals surface area contributed by atoms with Crippen LogP contribution in [0, 0.1) is 5.82 Å². The summed E-state index contributed by atoms with van der Waals surface area (Å²) in [6.45, 7) is 2.81. The van der Waals surface area contributed by atoms with Crippen molar-refractivity contribution in [1.29, 1.82) is 0 Å². The third kappa shape index (κ3) is 8.35. The molecule has 0 aliphatic carbocycles. The molecule has 3 nitrogen and oxygen atoms in total. The lowest BCUT2D eigenvalue weighted by molar-refractivity contribution is 0.292. The first-order valence-corrected chi connectivity index (χ1v) is 5.10. The molecule has 0 amide bonds. The van der Waals surface area contributed by atoms with Gasteiger partial charge in [0.1, 0.15) is 5.82 Å². The molecule has 100 valence electrons. The Bertz CT molecular complexity index is 290. The Hall–Kier alpha value is -0.390. The van der Waals surface area contributed by atoms with E-state index in [1.165, 1.54) is 6.07 Å². The van der Waals surface area contributed by atoms with Crippen molar-refractivity contribution in [1.82, 2.24) is 10.6 Å². The van der Waals surface area contributed by atoms with E-state index in [0.717, 1.165) is 13.1 Å². The molecular formula is C11H19Cl2FN2O. The first-order chi connectivity index (χ1) is 7.34. The molecule has 0 aliphatic heterocycles. The lowest BCUT2D eigenvalue weighted by atomic mass is 10.2. The average Bonchev–Trinajstić information content (AvgIpc) is 2.25. The van der Waals surface area contributed by atoms with Gasteiger partial charge < -0.3 is 15.7 Å². The van der Waals surface area contributed by atoms with Gasteiger partial charge in [-0.15, -0.1) is 24.8 Å². The molecule has 0 atom stereocenters. The van der Waals surface area contributed by atoms with E-state index in [0.29, 0.717) is 18.7 Å². The van der Waals surface area contributed by atoms with Gasteiger partial charge >= 0.3 is 0 Å². The summed E-state index contributed by atoms with van der Waals surface area (Å²) in [7, 11) is 0. The molecule has 17 heavy (non-hydrogen) atoms. The zero-order chi connectivity index (χ0) is 10.9. The summed E-state index contributed by atoms with van der Waals surface area (Å²) in [5.74, 6) is -0.173. The maximum Gasteiger partial charge on any atom is 0.127 e. The molecule has 6 heteroatoms. The molecule has 1 aromatic carbocycles. The van der Waals surface area contributed by atoms with Gasteiger partial charge in [-0.05, 0) is 6.07 Å². The van der Waals surface area contributed by atoms with Crippen molar-refractivity contribution in [3.8, 4) is 0 Å². The molecule has 0 radical (unpaired) electrons. The first-order valence-electron chi connectivity index (χ1n) is 5.10. The summed E-state index contributed by atoms with van der Waals surface area (Å²) < 4.78 is 13.1. The summed E-state index contributed by atoms with van der Waals surface area (Å²) in [5, 5.41) is 14.7. The van der Waals surface area contributed by atoms with Crippen molar-refractivity contribution in [3.63, 3.8) is 0 Å². The zero-order valence-corrected chi connectivity index (χ0v) is 11.1. The van der Waals surface area contributed by atoms with Gasteiger partial charge in [0.05, 0.1) is 6.61 Å². The van der Waals surface area contributed by atoms with E-state index in [4.69, 9.17) is 5.11 Å². The second-order valence-corrected chi connectivity index (χ2v) is 3.24. The van der Waals surface area contributed by atoms with Crippen molar-refractivity contribution in [2.45, 2.75) is 6.54 Å². The molecule has 0 aromatic heterocycles. The number of halogens is 3. The Labute approximate surface area is 114 Å². The fourth-order valence-corrected chi connectivity index (χ4v) is 1.25. The normalized spacial score (nSPS) is 9.29. The molecular weight excluding hydrogens is 266 g/mol. The van der Waals surface area contributed by atoms with Gasteiger partial charge in [0, 0.05) is 31.7 Å². The maximum atomic E-state index is 13.1. The van der Waals surface area contributed by atoms with Gasteiger partial charge in [0.15, 0.2) is 0 Å². The van der Waals surface area contributed by atoms with Crippen LogP contribution in [0.5, 0.6) is 0 Å². The molecule has 1 rings (SSSR count). The van der Waals surface area contributed by atoms with Crippen LogP contribution in [0.1, 0.15) is 5.56 Å². The predicted octanol–water partition coefficient (Wildman–Crippen LogP) is 1.34. The topological polar surface area (TPSA) is 44.3 Å². The van der Waals surface area contributed by atoms with Crippen molar-refractivity contribution in [2.24, 2.45) is 0 Å². The Morgan fingerprint density at radius 3 is 2.29 bits per heavy atom. The van der Waals surface area contributed by atoms with E-state index in [1.807, 2.05) is 6.07 Å². The lowest BCUT2D eigenvalue weighted by Gasteiger charge is -2.06. The largest absolute Gasteiger partial charge is 0.395 e. The van der Waals surface area contributed by atoms with E-state index < -0.39 is 0 Å². The van der Waals surface area contributed by atoms with Crippen molar-refractivity contribution in [2.75, 3.05) is 26.2 Å². The Balaban J connectivity index is 0. The van der Waals surface area contributed by atoms with E-state index in [2.05, 4.69) is 10.6 Å².